The summed E-state index contributed by atoms with van der Waals surface area (Å²) in [5.74, 6) is 0. The summed E-state index contributed by atoms with van der Waals surface area (Å²) < 4.78 is 0. The lowest BCUT2D eigenvalue weighted by Gasteiger charge is -2.26. The predicted molar refractivity (Wildman–Crippen MR) is 177 cm³/mol. The van der Waals surface area contributed by atoms with Crippen molar-refractivity contribution in [2.75, 3.05) is 4.90 Å². The normalized spacial score (nSPS) is 11.4. The van der Waals surface area contributed by atoms with E-state index in [1.807, 2.05) is 0 Å². The topological polar surface area (TPSA) is 3.24 Å². The maximum atomic E-state index is 2.35. The van der Waals surface area contributed by atoms with Gasteiger partial charge in [-0.05, 0) is 96.7 Å². The Bertz CT molecular complexity index is 2190. The molecule has 8 aromatic rings. The maximum Gasteiger partial charge on any atom is 0.0468 e. The quantitative estimate of drug-likeness (QED) is 0.208. The molecule has 0 heterocycles. The third-order valence-corrected chi connectivity index (χ3v) is 8.21. The van der Waals surface area contributed by atoms with Gasteiger partial charge in [-0.15, -0.1) is 0 Å². The van der Waals surface area contributed by atoms with Crippen LogP contribution in [0.4, 0.5) is 17.1 Å². The molecule has 0 amide bonds. The average molecular weight is 522 g/mol. The first-order valence-electron chi connectivity index (χ1n) is 14.1. The number of rotatable bonds is 4. The van der Waals surface area contributed by atoms with E-state index >= 15 is 0 Å². The Balaban J connectivity index is 1.26. The molecule has 0 radical (unpaired) electrons. The average Bonchev–Trinajstić information content (AvgIpc) is 3.05. The second kappa shape index (κ2) is 9.66. The monoisotopic (exact) mass is 521 g/mol. The molecule has 0 aromatic heterocycles. The van der Waals surface area contributed by atoms with Gasteiger partial charge in [0.05, 0.1) is 0 Å². The molecule has 0 aliphatic heterocycles. The van der Waals surface area contributed by atoms with Crippen LogP contribution in [0.3, 0.4) is 0 Å². The maximum absolute atomic E-state index is 2.35. The molecule has 0 saturated heterocycles. The Morgan fingerprint density at radius 1 is 0.268 bits per heavy atom. The number of fused-ring (bicyclic) bond motifs is 6. The molecular formula is C40H27N. The SMILES string of the molecule is c1ccc(N(c2ccc(-c3ccc4ccccc4c3)cc2)c2ccc3ccc4c5ccccc5ccc4c3c2)cc1. The first kappa shape index (κ1) is 23.5. The lowest BCUT2D eigenvalue weighted by atomic mass is 9.96. The van der Waals surface area contributed by atoms with Gasteiger partial charge in [-0.2, -0.15) is 0 Å². The Hall–Kier alpha value is -5.40. The van der Waals surface area contributed by atoms with Gasteiger partial charge in [-0.1, -0.05) is 121 Å². The van der Waals surface area contributed by atoms with Crippen LogP contribution in [0.1, 0.15) is 0 Å². The van der Waals surface area contributed by atoms with Gasteiger partial charge in [0.15, 0.2) is 0 Å². The van der Waals surface area contributed by atoms with Crippen LogP contribution in [-0.4, -0.2) is 0 Å². The zero-order chi connectivity index (χ0) is 27.2. The molecule has 8 aromatic carbocycles. The van der Waals surface area contributed by atoms with Crippen molar-refractivity contribution < 1.29 is 0 Å². The number of anilines is 3. The third-order valence-electron chi connectivity index (χ3n) is 8.21. The minimum Gasteiger partial charge on any atom is -0.310 e. The minimum absolute atomic E-state index is 1.13. The van der Waals surface area contributed by atoms with Crippen molar-refractivity contribution in [2.45, 2.75) is 0 Å². The third kappa shape index (κ3) is 4.11. The van der Waals surface area contributed by atoms with Gasteiger partial charge in [0.25, 0.3) is 0 Å². The summed E-state index contributed by atoms with van der Waals surface area (Å²) in [5, 5.41) is 10.2. The van der Waals surface area contributed by atoms with Crippen molar-refractivity contribution in [2.24, 2.45) is 0 Å². The molecule has 0 saturated carbocycles. The summed E-state index contributed by atoms with van der Waals surface area (Å²) in [6, 6.07) is 59.3. The van der Waals surface area contributed by atoms with Gasteiger partial charge < -0.3 is 4.90 Å². The Morgan fingerprint density at radius 2 is 0.805 bits per heavy atom. The van der Waals surface area contributed by atoms with Crippen molar-refractivity contribution >= 4 is 60.2 Å². The van der Waals surface area contributed by atoms with Crippen LogP contribution in [0.25, 0.3) is 54.2 Å². The summed E-state index contributed by atoms with van der Waals surface area (Å²) in [6.07, 6.45) is 0. The molecule has 0 spiro atoms. The van der Waals surface area contributed by atoms with E-state index in [9.17, 15) is 0 Å². The van der Waals surface area contributed by atoms with Crippen molar-refractivity contribution in [3.63, 3.8) is 0 Å². The summed E-state index contributed by atoms with van der Waals surface area (Å²) in [7, 11) is 0. The number of nitrogens with zero attached hydrogens (tertiary/aromatic N) is 1. The molecule has 8 rings (SSSR count). The van der Waals surface area contributed by atoms with Gasteiger partial charge >= 0.3 is 0 Å². The molecular weight excluding hydrogens is 494 g/mol. The molecule has 0 fully saturated rings. The highest BCUT2D eigenvalue weighted by Crippen LogP contribution is 2.39. The highest BCUT2D eigenvalue weighted by Gasteiger charge is 2.14. The molecule has 192 valence electrons. The molecule has 0 aliphatic rings. The van der Waals surface area contributed by atoms with Crippen LogP contribution in [0.2, 0.25) is 0 Å². The zero-order valence-electron chi connectivity index (χ0n) is 22.5. The van der Waals surface area contributed by atoms with Crippen LogP contribution in [0.15, 0.2) is 164 Å². The van der Waals surface area contributed by atoms with Crippen LogP contribution in [0.5, 0.6) is 0 Å². The van der Waals surface area contributed by atoms with Crippen LogP contribution < -0.4 is 4.90 Å². The molecule has 41 heavy (non-hydrogen) atoms. The second-order valence-corrected chi connectivity index (χ2v) is 10.6. The fourth-order valence-corrected chi connectivity index (χ4v) is 6.14. The number of hydrogen-bond acceptors (Lipinski definition) is 1. The van der Waals surface area contributed by atoms with Gasteiger partial charge in [0, 0.05) is 17.1 Å². The standard InChI is InChI=1S/C40H27N/c1-2-11-34(12-3-1)41(35-21-16-29(17-22-35)33-15-14-28-8-4-5-10-32(28)26-33)36-23-18-31-20-24-38-37-13-7-6-9-30(37)19-25-39(38)40(31)27-36/h1-27H. The van der Waals surface area contributed by atoms with E-state index in [-0.39, 0.29) is 0 Å². The van der Waals surface area contributed by atoms with E-state index in [4.69, 9.17) is 0 Å². The number of benzene rings is 8. The Kier molecular flexibility index (Phi) is 5.53. The lowest BCUT2D eigenvalue weighted by molar-refractivity contribution is 1.29. The minimum atomic E-state index is 1.13. The fraction of sp³-hybridized carbons (Fsp3) is 0. The summed E-state index contributed by atoms with van der Waals surface area (Å²) in [4.78, 5) is 2.35. The van der Waals surface area contributed by atoms with E-state index in [2.05, 4.69) is 169 Å². The lowest BCUT2D eigenvalue weighted by Crippen LogP contribution is -2.09. The van der Waals surface area contributed by atoms with E-state index in [0.717, 1.165) is 17.1 Å². The van der Waals surface area contributed by atoms with Crippen molar-refractivity contribution in [1.82, 2.24) is 0 Å². The van der Waals surface area contributed by atoms with Gasteiger partial charge in [-0.3, -0.25) is 0 Å². The molecule has 1 heteroatoms. The largest absolute Gasteiger partial charge is 0.310 e. The van der Waals surface area contributed by atoms with E-state index in [1.54, 1.807) is 0 Å². The smallest absolute Gasteiger partial charge is 0.0468 e. The molecule has 0 atom stereocenters. The molecule has 0 aliphatic carbocycles. The Morgan fingerprint density at radius 3 is 1.61 bits per heavy atom. The second-order valence-electron chi connectivity index (χ2n) is 10.6. The number of hydrogen-bond donors (Lipinski definition) is 0. The van der Waals surface area contributed by atoms with E-state index in [1.165, 1.54) is 54.2 Å². The first-order valence-corrected chi connectivity index (χ1v) is 14.1. The van der Waals surface area contributed by atoms with Gasteiger partial charge in [0.2, 0.25) is 0 Å². The van der Waals surface area contributed by atoms with E-state index < -0.39 is 0 Å². The molecule has 1 nitrogen and oxygen atoms in total. The number of para-hydroxylation sites is 1. The van der Waals surface area contributed by atoms with Crippen LogP contribution in [0, 0.1) is 0 Å². The van der Waals surface area contributed by atoms with Crippen molar-refractivity contribution in [3.05, 3.63) is 164 Å². The van der Waals surface area contributed by atoms with Crippen molar-refractivity contribution in [1.29, 1.82) is 0 Å². The fourth-order valence-electron chi connectivity index (χ4n) is 6.14. The van der Waals surface area contributed by atoms with Crippen LogP contribution >= 0.6 is 0 Å². The summed E-state index contributed by atoms with van der Waals surface area (Å²) in [6.45, 7) is 0. The highest BCUT2D eigenvalue weighted by atomic mass is 15.1. The predicted octanol–water partition coefficient (Wildman–Crippen LogP) is 11.4. The zero-order valence-corrected chi connectivity index (χ0v) is 22.5. The van der Waals surface area contributed by atoms with E-state index in [0.29, 0.717) is 0 Å². The summed E-state index contributed by atoms with van der Waals surface area (Å²) in [5.41, 5.74) is 5.85. The Labute approximate surface area is 239 Å². The molecule has 0 N–H and O–H groups in total. The van der Waals surface area contributed by atoms with Crippen LogP contribution in [-0.2, 0) is 0 Å². The highest BCUT2D eigenvalue weighted by molar-refractivity contribution is 6.17. The van der Waals surface area contributed by atoms with Gasteiger partial charge in [-0.25, -0.2) is 0 Å². The molecule has 0 unspecified atom stereocenters. The molecule has 0 bridgehead atoms. The van der Waals surface area contributed by atoms with Crippen molar-refractivity contribution in [3.8, 4) is 11.1 Å². The van der Waals surface area contributed by atoms with Gasteiger partial charge in [0.1, 0.15) is 0 Å². The first-order chi connectivity index (χ1) is 20.3. The summed E-state index contributed by atoms with van der Waals surface area (Å²) >= 11 is 0.